The molecular weight excluding hydrogens is 306 g/mol. The molecule has 2 heterocycles. The van der Waals surface area contributed by atoms with Gasteiger partial charge in [0.05, 0.1) is 5.56 Å². The number of aromatic nitrogens is 2. The van der Waals surface area contributed by atoms with E-state index in [0.717, 1.165) is 5.39 Å². The van der Waals surface area contributed by atoms with Gasteiger partial charge in [-0.1, -0.05) is 29.4 Å². The second-order valence-electron chi connectivity index (χ2n) is 4.59. The SMILES string of the molecule is O=C(NS(=O)(=O)Cc1ccon1)c1cncc2ccccc12. The molecule has 112 valence electrons. The van der Waals surface area contributed by atoms with Gasteiger partial charge in [0.1, 0.15) is 17.7 Å². The summed E-state index contributed by atoms with van der Waals surface area (Å²) in [5.74, 6) is -1.17. The van der Waals surface area contributed by atoms with Crippen LogP contribution in [-0.2, 0) is 15.8 Å². The van der Waals surface area contributed by atoms with Crippen molar-refractivity contribution in [2.75, 3.05) is 0 Å². The van der Waals surface area contributed by atoms with Gasteiger partial charge >= 0.3 is 0 Å². The zero-order valence-electron chi connectivity index (χ0n) is 11.3. The van der Waals surface area contributed by atoms with Crippen molar-refractivity contribution in [2.24, 2.45) is 0 Å². The van der Waals surface area contributed by atoms with Crippen LogP contribution >= 0.6 is 0 Å². The van der Waals surface area contributed by atoms with Crippen molar-refractivity contribution < 1.29 is 17.7 Å². The van der Waals surface area contributed by atoms with Crippen molar-refractivity contribution in [3.05, 3.63) is 60.2 Å². The first-order valence-electron chi connectivity index (χ1n) is 6.32. The third-order valence-electron chi connectivity index (χ3n) is 2.99. The Morgan fingerprint density at radius 3 is 2.77 bits per heavy atom. The molecule has 0 bridgehead atoms. The minimum atomic E-state index is -3.87. The third kappa shape index (κ3) is 2.96. The van der Waals surface area contributed by atoms with E-state index in [2.05, 4.69) is 14.7 Å². The lowest BCUT2D eigenvalue weighted by Gasteiger charge is -2.07. The zero-order valence-corrected chi connectivity index (χ0v) is 12.1. The number of amides is 1. The molecule has 0 saturated heterocycles. The highest BCUT2D eigenvalue weighted by Gasteiger charge is 2.19. The summed E-state index contributed by atoms with van der Waals surface area (Å²) in [5.41, 5.74) is 0.415. The molecule has 0 aliphatic heterocycles. The molecule has 0 aliphatic rings. The number of nitrogens with one attached hydrogen (secondary N) is 1. The number of carbonyl (C=O) groups is 1. The molecule has 8 heteroatoms. The monoisotopic (exact) mass is 317 g/mol. The molecule has 1 amide bonds. The van der Waals surface area contributed by atoms with E-state index in [9.17, 15) is 13.2 Å². The summed E-state index contributed by atoms with van der Waals surface area (Å²) >= 11 is 0. The van der Waals surface area contributed by atoms with E-state index in [-0.39, 0.29) is 11.3 Å². The molecule has 0 spiro atoms. The molecule has 3 aromatic rings. The van der Waals surface area contributed by atoms with Gasteiger partial charge in [-0.2, -0.15) is 0 Å². The Hall–Kier alpha value is -2.74. The minimum absolute atomic E-state index is 0.196. The number of pyridine rings is 1. The quantitative estimate of drug-likeness (QED) is 0.782. The maximum absolute atomic E-state index is 12.2. The van der Waals surface area contributed by atoms with Crippen LogP contribution in [0, 0.1) is 0 Å². The van der Waals surface area contributed by atoms with Crippen molar-refractivity contribution in [1.29, 1.82) is 0 Å². The molecule has 2 aromatic heterocycles. The summed E-state index contributed by atoms with van der Waals surface area (Å²) in [6.45, 7) is 0. The van der Waals surface area contributed by atoms with Gasteiger partial charge < -0.3 is 4.52 Å². The third-order valence-corrected chi connectivity index (χ3v) is 4.16. The number of fused-ring (bicyclic) bond motifs is 1. The van der Waals surface area contributed by atoms with E-state index in [1.165, 1.54) is 18.5 Å². The smallest absolute Gasteiger partial charge is 0.266 e. The minimum Gasteiger partial charge on any atom is -0.364 e. The lowest BCUT2D eigenvalue weighted by molar-refractivity contribution is 0.0982. The number of rotatable bonds is 4. The summed E-state index contributed by atoms with van der Waals surface area (Å²) in [6, 6.07) is 8.53. The second-order valence-corrected chi connectivity index (χ2v) is 6.31. The van der Waals surface area contributed by atoms with Crippen molar-refractivity contribution in [2.45, 2.75) is 5.75 Å². The predicted octanol–water partition coefficient (Wildman–Crippen LogP) is 1.48. The summed E-state index contributed by atoms with van der Waals surface area (Å²) < 4.78 is 30.6. The van der Waals surface area contributed by atoms with E-state index in [0.29, 0.717) is 5.39 Å². The van der Waals surface area contributed by atoms with Crippen molar-refractivity contribution in [3.8, 4) is 0 Å². The van der Waals surface area contributed by atoms with Crippen molar-refractivity contribution >= 4 is 26.7 Å². The van der Waals surface area contributed by atoms with E-state index < -0.39 is 21.7 Å². The average molecular weight is 317 g/mol. The van der Waals surface area contributed by atoms with Crippen molar-refractivity contribution in [1.82, 2.24) is 14.9 Å². The Kier molecular flexibility index (Phi) is 3.60. The van der Waals surface area contributed by atoms with Crippen molar-refractivity contribution in [3.63, 3.8) is 0 Å². The van der Waals surface area contributed by atoms with Crippen LogP contribution in [0.15, 0.2) is 53.5 Å². The van der Waals surface area contributed by atoms with Gasteiger partial charge in [-0.3, -0.25) is 9.78 Å². The van der Waals surface area contributed by atoms with E-state index >= 15 is 0 Å². The fourth-order valence-corrected chi connectivity index (χ4v) is 3.04. The zero-order chi connectivity index (χ0) is 15.6. The Morgan fingerprint density at radius 2 is 2.00 bits per heavy atom. The topological polar surface area (TPSA) is 102 Å². The molecule has 7 nitrogen and oxygen atoms in total. The lowest BCUT2D eigenvalue weighted by atomic mass is 10.1. The lowest BCUT2D eigenvalue weighted by Crippen LogP contribution is -2.31. The van der Waals surface area contributed by atoms with Crippen LogP contribution < -0.4 is 4.72 Å². The molecule has 3 rings (SSSR count). The molecule has 0 radical (unpaired) electrons. The van der Waals surface area contributed by atoms with E-state index in [1.54, 1.807) is 24.4 Å². The van der Waals surface area contributed by atoms with Crippen LogP contribution in [0.25, 0.3) is 10.8 Å². The number of carbonyl (C=O) groups excluding carboxylic acids is 1. The summed E-state index contributed by atoms with van der Waals surface area (Å²) in [5, 5.41) is 4.90. The highest BCUT2D eigenvalue weighted by Crippen LogP contribution is 2.17. The van der Waals surface area contributed by atoms with E-state index in [1.807, 2.05) is 10.8 Å². The largest absolute Gasteiger partial charge is 0.364 e. The maximum atomic E-state index is 12.2. The number of hydrogen-bond acceptors (Lipinski definition) is 6. The first-order valence-corrected chi connectivity index (χ1v) is 7.97. The molecular formula is C14H11N3O4S. The summed E-state index contributed by atoms with van der Waals surface area (Å²) in [7, 11) is -3.87. The van der Waals surface area contributed by atoms with Crippen LogP contribution in [0.1, 0.15) is 16.1 Å². The first kappa shape index (κ1) is 14.2. The Labute approximate surface area is 126 Å². The Bertz CT molecular complexity index is 915. The summed E-state index contributed by atoms with van der Waals surface area (Å²) in [4.78, 5) is 16.2. The van der Waals surface area contributed by atoms with Crippen LogP contribution in [0.2, 0.25) is 0 Å². The molecule has 0 aliphatic carbocycles. The fourth-order valence-electron chi connectivity index (χ4n) is 2.04. The number of benzene rings is 1. The van der Waals surface area contributed by atoms with Gasteiger partial charge in [-0.15, -0.1) is 0 Å². The molecule has 22 heavy (non-hydrogen) atoms. The van der Waals surface area contributed by atoms with Gasteiger partial charge in [-0.05, 0) is 5.39 Å². The van der Waals surface area contributed by atoms with Gasteiger partial charge in [-0.25, -0.2) is 13.1 Å². The highest BCUT2D eigenvalue weighted by atomic mass is 32.2. The Balaban J connectivity index is 1.87. The average Bonchev–Trinajstić information content (AvgIpc) is 2.98. The molecule has 1 aromatic carbocycles. The predicted molar refractivity (Wildman–Crippen MR) is 78.3 cm³/mol. The molecule has 0 atom stereocenters. The first-order chi connectivity index (χ1) is 10.6. The van der Waals surface area contributed by atoms with Gasteiger partial charge in [0.15, 0.2) is 0 Å². The van der Waals surface area contributed by atoms with Crippen LogP contribution in [0.5, 0.6) is 0 Å². The van der Waals surface area contributed by atoms with Crippen LogP contribution in [0.4, 0.5) is 0 Å². The number of hydrogen-bond donors (Lipinski definition) is 1. The second kappa shape index (κ2) is 5.57. The van der Waals surface area contributed by atoms with Gasteiger partial charge in [0.2, 0.25) is 10.0 Å². The molecule has 0 unspecified atom stereocenters. The van der Waals surface area contributed by atoms with E-state index in [4.69, 9.17) is 0 Å². The number of nitrogens with zero attached hydrogens (tertiary/aromatic N) is 2. The maximum Gasteiger partial charge on any atom is 0.266 e. The number of sulfonamides is 1. The van der Waals surface area contributed by atoms with Crippen LogP contribution in [-0.4, -0.2) is 24.5 Å². The standard InChI is InChI=1S/C14H11N3O4S/c18-14(17-22(19,20)9-11-5-6-21-16-11)13-8-15-7-10-3-1-2-4-12(10)13/h1-8H,9H2,(H,17,18). The summed E-state index contributed by atoms with van der Waals surface area (Å²) in [6.07, 6.45) is 4.21. The van der Waals surface area contributed by atoms with Gasteiger partial charge in [0.25, 0.3) is 5.91 Å². The molecule has 1 N–H and O–H groups in total. The Morgan fingerprint density at radius 1 is 1.18 bits per heavy atom. The van der Waals surface area contributed by atoms with Gasteiger partial charge in [0, 0.05) is 23.8 Å². The van der Waals surface area contributed by atoms with Crippen LogP contribution in [0.3, 0.4) is 0 Å². The fraction of sp³-hybridized carbons (Fsp3) is 0.0714. The molecule has 0 fully saturated rings. The highest BCUT2D eigenvalue weighted by molar-refractivity contribution is 7.89. The normalized spacial score (nSPS) is 11.5. The molecule has 0 saturated carbocycles.